The van der Waals surface area contributed by atoms with E-state index in [2.05, 4.69) is 26.7 Å². The van der Waals surface area contributed by atoms with E-state index in [0.717, 1.165) is 35.5 Å². The van der Waals surface area contributed by atoms with Crippen LogP contribution in [0, 0.1) is 22.7 Å². The van der Waals surface area contributed by atoms with Gasteiger partial charge in [-0.3, -0.25) is 14.5 Å². The summed E-state index contributed by atoms with van der Waals surface area (Å²) in [7, 11) is 0. The number of benzene rings is 3. The second-order valence-corrected chi connectivity index (χ2v) is 10.2. The van der Waals surface area contributed by atoms with Crippen LogP contribution in [-0.4, -0.2) is 48.9 Å². The molecule has 3 heterocycles. The number of fused-ring (bicyclic) bond motifs is 1. The van der Waals surface area contributed by atoms with Gasteiger partial charge in [0.15, 0.2) is 0 Å². The molecule has 1 aliphatic heterocycles. The van der Waals surface area contributed by atoms with E-state index in [1.54, 1.807) is 48.9 Å². The monoisotopic (exact) mass is 582 g/mol. The summed E-state index contributed by atoms with van der Waals surface area (Å²) >= 11 is 0. The maximum Gasteiger partial charge on any atom is 0.261 e. The van der Waals surface area contributed by atoms with E-state index in [1.165, 1.54) is 4.90 Å². The van der Waals surface area contributed by atoms with Gasteiger partial charge in [-0.25, -0.2) is 9.97 Å². The number of amides is 2. The standard InChI is InChI=1S/C21H16N4O2.C13H14N4/c22-11-15-5-7-16(8-6-15)13-24-14-23-12-17(24)9-10-25-20(26)18-3-1-2-4-19(18)21(25)27;14-6-5-13-8-16-10-17(13)9-12-3-1-11(7-15)2-4-12/h1-8,12,14H,9-10,13H2;1-4,8,10H,5-6,9,14H2. The number of nitriles is 2. The molecule has 5 aromatic rings. The predicted molar refractivity (Wildman–Crippen MR) is 163 cm³/mol. The molecular weight excluding hydrogens is 552 g/mol. The van der Waals surface area contributed by atoms with Crippen molar-refractivity contribution in [2.75, 3.05) is 13.1 Å². The van der Waals surface area contributed by atoms with E-state index in [-0.39, 0.29) is 11.8 Å². The minimum absolute atomic E-state index is 0.242. The highest BCUT2D eigenvalue weighted by molar-refractivity contribution is 6.21. The largest absolute Gasteiger partial charge is 0.330 e. The number of carbonyl (C=O) groups is 2. The van der Waals surface area contributed by atoms with Crippen molar-refractivity contribution in [3.8, 4) is 12.1 Å². The fourth-order valence-electron chi connectivity index (χ4n) is 4.98. The minimum Gasteiger partial charge on any atom is -0.330 e. The normalized spacial score (nSPS) is 11.8. The molecule has 0 bridgehead atoms. The van der Waals surface area contributed by atoms with Gasteiger partial charge in [0.2, 0.25) is 0 Å². The first kappa shape index (κ1) is 29.6. The highest BCUT2D eigenvalue weighted by Crippen LogP contribution is 2.22. The van der Waals surface area contributed by atoms with E-state index < -0.39 is 0 Å². The predicted octanol–water partition coefficient (Wildman–Crippen LogP) is 3.95. The Morgan fingerprint density at radius 2 is 1.11 bits per heavy atom. The molecule has 0 spiro atoms. The average Bonchev–Trinajstić information content (AvgIpc) is 3.76. The lowest BCUT2D eigenvalue weighted by Gasteiger charge is -2.14. The van der Waals surface area contributed by atoms with Gasteiger partial charge < -0.3 is 14.9 Å². The van der Waals surface area contributed by atoms with Crippen molar-refractivity contribution < 1.29 is 9.59 Å². The molecular formula is C34H30N8O2. The van der Waals surface area contributed by atoms with E-state index >= 15 is 0 Å². The zero-order chi connectivity index (χ0) is 30.9. The van der Waals surface area contributed by atoms with Crippen molar-refractivity contribution in [2.24, 2.45) is 5.73 Å². The van der Waals surface area contributed by atoms with Crippen molar-refractivity contribution in [1.29, 1.82) is 10.5 Å². The van der Waals surface area contributed by atoms with Crippen LogP contribution in [0.2, 0.25) is 0 Å². The third-order valence-corrected chi connectivity index (χ3v) is 7.34. The second kappa shape index (κ2) is 13.9. The number of imidazole rings is 2. The van der Waals surface area contributed by atoms with Gasteiger partial charge in [-0.15, -0.1) is 0 Å². The maximum absolute atomic E-state index is 12.5. The second-order valence-electron chi connectivity index (χ2n) is 10.2. The molecule has 0 saturated heterocycles. The number of carbonyl (C=O) groups excluding carboxylic acids is 2. The molecule has 6 rings (SSSR count). The van der Waals surface area contributed by atoms with Crippen LogP contribution < -0.4 is 5.73 Å². The number of rotatable bonds is 9. The zero-order valence-corrected chi connectivity index (χ0v) is 24.0. The maximum atomic E-state index is 12.5. The van der Waals surface area contributed by atoms with Crippen molar-refractivity contribution in [1.82, 2.24) is 24.0 Å². The Morgan fingerprint density at radius 3 is 1.55 bits per heavy atom. The van der Waals surface area contributed by atoms with Crippen LogP contribution in [0.3, 0.4) is 0 Å². The third kappa shape index (κ3) is 6.79. The van der Waals surface area contributed by atoms with E-state index in [0.29, 0.717) is 48.3 Å². The molecule has 0 aliphatic carbocycles. The summed E-state index contributed by atoms with van der Waals surface area (Å²) in [4.78, 5) is 34.5. The van der Waals surface area contributed by atoms with E-state index in [9.17, 15) is 9.59 Å². The lowest BCUT2D eigenvalue weighted by Crippen LogP contribution is -2.32. The Kier molecular flexibility index (Phi) is 9.35. The first-order valence-electron chi connectivity index (χ1n) is 14.1. The number of imide groups is 1. The Labute approximate surface area is 255 Å². The fourth-order valence-corrected chi connectivity index (χ4v) is 4.98. The molecule has 0 saturated carbocycles. The molecule has 0 fully saturated rings. The summed E-state index contributed by atoms with van der Waals surface area (Å²) in [6.45, 7) is 2.31. The number of aromatic nitrogens is 4. The van der Waals surface area contributed by atoms with Crippen molar-refractivity contribution in [3.63, 3.8) is 0 Å². The summed E-state index contributed by atoms with van der Waals surface area (Å²) in [5, 5.41) is 17.6. The van der Waals surface area contributed by atoms with Gasteiger partial charge in [0, 0.05) is 56.3 Å². The summed E-state index contributed by atoms with van der Waals surface area (Å²) < 4.78 is 4.06. The Hall–Kier alpha value is -5.84. The molecule has 2 aromatic heterocycles. The lowest BCUT2D eigenvalue weighted by atomic mass is 10.1. The van der Waals surface area contributed by atoms with Crippen LogP contribution in [-0.2, 0) is 25.9 Å². The molecule has 218 valence electrons. The van der Waals surface area contributed by atoms with Crippen LogP contribution in [0.25, 0.3) is 0 Å². The third-order valence-electron chi connectivity index (χ3n) is 7.34. The number of nitrogens with two attached hydrogens (primary N) is 1. The van der Waals surface area contributed by atoms with Gasteiger partial charge >= 0.3 is 0 Å². The Morgan fingerprint density at radius 1 is 0.659 bits per heavy atom. The minimum atomic E-state index is -0.242. The highest BCUT2D eigenvalue weighted by atomic mass is 16.2. The summed E-state index contributed by atoms with van der Waals surface area (Å²) in [5.74, 6) is -0.484. The molecule has 1 aliphatic rings. The lowest BCUT2D eigenvalue weighted by molar-refractivity contribution is 0.0655. The summed E-state index contributed by atoms with van der Waals surface area (Å²) in [6.07, 6.45) is 8.50. The van der Waals surface area contributed by atoms with Gasteiger partial charge in [0.1, 0.15) is 0 Å². The highest BCUT2D eigenvalue weighted by Gasteiger charge is 2.34. The Balaban J connectivity index is 0.000000195. The van der Waals surface area contributed by atoms with Gasteiger partial charge in [-0.1, -0.05) is 36.4 Å². The van der Waals surface area contributed by atoms with Crippen LogP contribution in [0.15, 0.2) is 97.8 Å². The number of hydrogen-bond donors (Lipinski definition) is 1. The molecule has 44 heavy (non-hydrogen) atoms. The topological polar surface area (TPSA) is 147 Å². The van der Waals surface area contributed by atoms with Crippen molar-refractivity contribution in [2.45, 2.75) is 25.9 Å². The van der Waals surface area contributed by atoms with E-state index in [1.807, 2.05) is 53.5 Å². The number of nitrogens with zero attached hydrogens (tertiary/aromatic N) is 7. The molecule has 0 radical (unpaired) electrons. The Bertz CT molecular complexity index is 1800. The SMILES string of the molecule is N#Cc1ccc(Cn2cncc2CCN)cc1.N#Cc1ccc(Cn2cncc2CCN2C(=O)c3ccccc3C2=O)cc1. The van der Waals surface area contributed by atoms with Crippen LogP contribution in [0.5, 0.6) is 0 Å². The fraction of sp³-hybridized carbons (Fsp3) is 0.176. The molecule has 0 atom stereocenters. The van der Waals surface area contributed by atoms with Gasteiger partial charge in [0.05, 0.1) is 47.0 Å². The molecule has 10 heteroatoms. The van der Waals surface area contributed by atoms with Gasteiger partial charge in [-0.2, -0.15) is 10.5 Å². The molecule has 10 nitrogen and oxygen atoms in total. The van der Waals surface area contributed by atoms with E-state index in [4.69, 9.17) is 16.3 Å². The average molecular weight is 583 g/mol. The summed E-state index contributed by atoms with van der Waals surface area (Å²) in [6, 6.07) is 26.1. The smallest absolute Gasteiger partial charge is 0.261 e. The summed E-state index contributed by atoms with van der Waals surface area (Å²) in [5.41, 5.74) is 12.1. The quantitative estimate of drug-likeness (QED) is 0.259. The number of hydrogen-bond acceptors (Lipinski definition) is 7. The van der Waals surface area contributed by atoms with Crippen LogP contribution in [0.4, 0.5) is 0 Å². The molecule has 3 aromatic carbocycles. The molecule has 0 unspecified atom stereocenters. The molecule has 2 amide bonds. The van der Waals surface area contributed by atoms with Crippen molar-refractivity contribution in [3.05, 3.63) is 143 Å². The first-order chi connectivity index (χ1) is 21.5. The first-order valence-corrected chi connectivity index (χ1v) is 14.1. The van der Waals surface area contributed by atoms with Gasteiger partial charge in [-0.05, 0) is 54.1 Å². The molecule has 2 N–H and O–H groups in total. The van der Waals surface area contributed by atoms with Gasteiger partial charge in [0.25, 0.3) is 11.8 Å². The zero-order valence-electron chi connectivity index (χ0n) is 24.0. The van der Waals surface area contributed by atoms with Crippen LogP contribution in [0.1, 0.15) is 54.4 Å². The van der Waals surface area contributed by atoms with Crippen LogP contribution >= 0.6 is 0 Å². The van der Waals surface area contributed by atoms with Crippen molar-refractivity contribution >= 4 is 11.8 Å².